The second kappa shape index (κ2) is 6.85. The number of aromatic nitrogens is 1. The third-order valence-corrected chi connectivity index (χ3v) is 4.19. The van der Waals surface area contributed by atoms with Crippen LogP contribution >= 0.6 is 11.3 Å². The van der Waals surface area contributed by atoms with Crippen molar-refractivity contribution in [3.63, 3.8) is 0 Å². The van der Waals surface area contributed by atoms with Gasteiger partial charge in [-0.05, 0) is 25.7 Å². The molecule has 1 aliphatic carbocycles. The van der Waals surface area contributed by atoms with Gasteiger partial charge in [-0.1, -0.05) is 19.3 Å². The Balaban J connectivity index is 1.68. The summed E-state index contributed by atoms with van der Waals surface area (Å²) >= 11 is 1.42. The molecule has 1 saturated carbocycles. The van der Waals surface area contributed by atoms with Crippen molar-refractivity contribution in [2.75, 3.05) is 6.61 Å². The molecule has 0 amide bonds. The second-order valence-corrected chi connectivity index (χ2v) is 5.60. The van der Waals surface area contributed by atoms with Crippen LogP contribution in [0.2, 0.25) is 0 Å². The van der Waals surface area contributed by atoms with Gasteiger partial charge in [-0.2, -0.15) is 0 Å². The molecule has 4 nitrogen and oxygen atoms in total. The predicted molar refractivity (Wildman–Crippen MR) is 70.2 cm³/mol. The lowest BCUT2D eigenvalue weighted by atomic mass is 9.98. The van der Waals surface area contributed by atoms with Gasteiger partial charge in [-0.25, -0.2) is 9.78 Å². The summed E-state index contributed by atoms with van der Waals surface area (Å²) in [4.78, 5) is 15.6. The Labute approximate surface area is 111 Å². The van der Waals surface area contributed by atoms with Crippen molar-refractivity contribution in [1.29, 1.82) is 0 Å². The van der Waals surface area contributed by atoms with Gasteiger partial charge in [0.2, 0.25) is 0 Å². The van der Waals surface area contributed by atoms with Gasteiger partial charge in [0, 0.05) is 11.5 Å². The normalized spacial score (nSPS) is 16.9. The van der Waals surface area contributed by atoms with E-state index in [-0.39, 0.29) is 5.69 Å². The highest BCUT2D eigenvalue weighted by Crippen LogP contribution is 2.21. The molecule has 1 aliphatic rings. The highest BCUT2D eigenvalue weighted by molar-refractivity contribution is 7.09. The number of hydrogen-bond donors (Lipinski definition) is 1. The van der Waals surface area contributed by atoms with E-state index in [4.69, 9.17) is 9.84 Å². The van der Waals surface area contributed by atoms with Crippen LogP contribution in [0, 0.1) is 0 Å². The molecule has 2 rings (SSSR count). The lowest BCUT2D eigenvalue weighted by molar-refractivity contribution is 0.0273. The van der Waals surface area contributed by atoms with Gasteiger partial charge < -0.3 is 9.84 Å². The van der Waals surface area contributed by atoms with Crippen LogP contribution in [-0.4, -0.2) is 28.8 Å². The Kier molecular flexibility index (Phi) is 5.13. The summed E-state index contributed by atoms with van der Waals surface area (Å²) < 4.78 is 5.82. The largest absolute Gasteiger partial charge is 0.476 e. The molecule has 0 bridgehead atoms. The fourth-order valence-electron chi connectivity index (χ4n) is 2.34. The lowest BCUT2D eigenvalue weighted by Gasteiger charge is -2.21. The SMILES string of the molecule is O=C(O)c1ncsc1CCCOC1CCCCC1. The number of aryl methyl sites for hydroxylation is 1. The van der Waals surface area contributed by atoms with E-state index in [9.17, 15) is 4.79 Å². The zero-order chi connectivity index (χ0) is 12.8. The molecule has 0 spiro atoms. The molecule has 1 aromatic heterocycles. The van der Waals surface area contributed by atoms with Crippen molar-refractivity contribution in [2.45, 2.75) is 51.0 Å². The van der Waals surface area contributed by atoms with Gasteiger partial charge in [-0.3, -0.25) is 0 Å². The molecule has 1 heterocycles. The van der Waals surface area contributed by atoms with Crippen molar-refractivity contribution in [3.8, 4) is 0 Å². The number of nitrogens with zero attached hydrogens (tertiary/aromatic N) is 1. The first kappa shape index (κ1) is 13.5. The summed E-state index contributed by atoms with van der Waals surface area (Å²) in [5, 5.41) is 8.93. The zero-order valence-electron chi connectivity index (χ0n) is 10.4. The van der Waals surface area contributed by atoms with Crippen LogP contribution in [0.15, 0.2) is 5.51 Å². The first-order valence-corrected chi connectivity index (χ1v) is 7.42. The Morgan fingerprint density at radius 1 is 1.44 bits per heavy atom. The number of carboxylic acids is 1. The molecule has 0 saturated heterocycles. The van der Waals surface area contributed by atoms with Crippen LogP contribution in [0.5, 0.6) is 0 Å². The van der Waals surface area contributed by atoms with E-state index in [1.807, 2.05) is 0 Å². The van der Waals surface area contributed by atoms with Crippen LogP contribution in [0.3, 0.4) is 0 Å². The Hall–Kier alpha value is -0.940. The van der Waals surface area contributed by atoms with E-state index >= 15 is 0 Å². The smallest absolute Gasteiger partial charge is 0.355 e. The fraction of sp³-hybridized carbons (Fsp3) is 0.692. The maximum absolute atomic E-state index is 10.9. The van der Waals surface area contributed by atoms with E-state index < -0.39 is 5.97 Å². The second-order valence-electron chi connectivity index (χ2n) is 4.66. The third kappa shape index (κ3) is 3.78. The van der Waals surface area contributed by atoms with Crippen LogP contribution in [-0.2, 0) is 11.2 Å². The maximum atomic E-state index is 10.9. The maximum Gasteiger partial charge on any atom is 0.355 e. The average Bonchev–Trinajstić information content (AvgIpc) is 2.84. The van der Waals surface area contributed by atoms with Gasteiger partial charge in [0.15, 0.2) is 5.69 Å². The predicted octanol–water partition coefficient (Wildman–Crippen LogP) is 3.12. The molecule has 0 aliphatic heterocycles. The van der Waals surface area contributed by atoms with E-state index in [0.29, 0.717) is 6.10 Å². The molecular weight excluding hydrogens is 250 g/mol. The zero-order valence-corrected chi connectivity index (χ0v) is 11.2. The van der Waals surface area contributed by atoms with Crippen LogP contribution < -0.4 is 0 Å². The first-order valence-electron chi connectivity index (χ1n) is 6.54. The minimum absolute atomic E-state index is 0.206. The summed E-state index contributed by atoms with van der Waals surface area (Å²) in [5.74, 6) is -0.931. The van der Waals surface area contributed by atoms with Gasteiger partial charge in [0.1, 0.15) is 0 Å². The van der Waals surface area contributed by atoms with E-state index in [1.165, 1.54) is 43.4 Å². The highest BCUT2D eigenvalue weighted by atomic mass is 32.1. The van der Waals surface area contributed by atoms with E-state index in [2.05, 4.69) is 4.98 Å². The molecule has 5 heteroatoms. The molecule has 100 valence electrons. The Morgan fingerprint density at radius 2 is 2.22 bits per heavy atom. The molecule has 0 unspecified atom stereocenters. The minimum atomic E-state index is -0.931. The van der Waals surface area contributed by atoms with Crippen molar-refractivity contribution >= 4 is 17.3 Å². The Morgan fingerprint density at radius 3 is 2.94 bits per heavy atom. The molecule has 0 aromatic carbocycles. The molecule has 18 heavy (non-hydrogen) atoms. The molecule has 1 N–H and O–H groups in total. The number of aromatic carboxylic acids is 1. The Bertz CT molecular complexity index is 385. The lowest BCUT2D eigenvalue weighted by Crippen LogP contribution is -2.17. The average molecular weight is 269 g/mol. The number of ether oxygens (including phenoxy) is 1. The monoisotopic (exact) mass is 269 g/mol. The topological polar surface area (TPSA) is 59.4 Å². The summed E-state index contributed by atoms with van der Waals surface area (Å²) in [6.07, 6.45) is 8.31. The number of hydrogen-bond acceptors (Lipinski definition) is 4. The third-order valence-electron chi connectivity index (χ3n) is 3.30. The van der Waals surface area contributed by atoms with Crippen LogP contribution in [0.4, 0.5) is 0 Å². The van der Waals surface area contributed by atoms with Crippen molar-refractivity contribution < 1.29 is 14.6 Å². The highest BCUT2D eigenvalue weighted by Gasteiger charge is 2.15. The van der Waals surface area contributed by atoms with Crippen molar-refractivity contribution in [3.05, 3.63) is 16.1 Å². The summed E-state index contributed by atoms with van der Waals surface area (Å²) in [6, 6.07) is 0. The number of thiazole rings is 1. The van der Waals surface area contributed by atoms with Crippen LogP contribution in [0.1, 0.15) is 53.9 Å². The van der Waals surface area contributed by atoms with Crippen molar-refractivity contribution in [2.24, 2.45) is 0 Å². The number of carbonyl (C=O) groups is 1. The molecule has 0 atom stereocenters. The molecular formula is C13H19NO3S. The number of carboxylic acid groups (broad SMARTS) is 1. The summed E-state index contributed by atoms with van der Waals surface area (Å²) in [7, 11) is 0. The molecule has 1 fully saturated rings. The molecule has 0 radical (unpaired) electrons. The minimum Gasteiger partial charge on any atom is -0.476 e. The number of rotatable bonds is 6. The molecule has 1 aromatic rings. The summed E-state index contributed by atoms with van der Waals surface area (Å²) in [5.41, 5.74) is 1.80. The first-order chi connectivity index (χ1) is 8.77. The van der Waals surface area contributed by atoms with Gasteiger partial charge >= 0.3 is 5.97 Å². The van der Waals surface area contributed by atoms with E-state index in [0.717, 1.165) is 24.3 Å². The summed E-state index contributed by atoms with van der Waals surface area (Å²) in [6.45, 7) is 0.724. The van der Waals surface area contributed by atoms with E-state index in [1.54, 1.807) is 5.51 Å². The standard InChI is InChI=1S/C13H19NO3S/c15-13(16)12-11(18-9-14-12)7-4-8-17-10-5-2-1-3-6-10/h9-10H,1-8H2,(H,15,16). The van der Waals surface area contributed by atoms with Crippen LogP contribution in [0.25, 0.3) is 0 Å². The van der Waals surface area contributed by atoms with Gasteiger partial charge in [0.05, 0.1) is 11.6 Å². The van der Waals surface area contributed by atoms with Crippen molar-refractivity contribution in [1.82, 2.24) is 4.98 Å². The van der Waals surface area contributed by atoms with Gasteiger partial charge in [0.25, 0.3) is 0 Å². The quantitative estimate of drug-likeness (QED) is 0.806. The fourth-order valence-corrected chi connectivity index (χ4v) is 3.14. The van der Waals surface area contributed by atoms with Gasteiger partial charge in [-0.15, -0.1) is 11.3 Å².